The third-order valence-electron chi connectivity index (χ3n) is 17.5. The highest BCUT2D eigenvalue weighted by atomic mass is 16.8. The normalized spacial score (nSPS) is 35.0. The van der Waals surface area contributed by atoms with Crippen molar-refractivity contribution in [2.45, 2.75) is 178 Å². The molecule has 5 aliphatic heterocycles. The largest absolute Gasteiger partial charge is 0.460 e. The molecule has 12 atom stereocenters. The van der Waals surface area contributed by atoms with E-state index in [0.717, 1.165) is 54.4 Å². The number of hydrogen-bond acceptors (Lipinski definition) is 12. The van der Waals surface area contributed by atoms with Gasteiger partial charge in [-0.25, -0.2) is 0 Å². The maximum absolute atomic E-state index is 16.0. The first-order chi connectivity index (χ1) is 34.4. The number of carbonyl (C=O) groups is 4. The summed E-state index contributed by atoms with van der Waals surface area (Å²) in [5, 5.41) is 15.0. The van der Waals surface area contributed by atoms with Gasteiger partial charge in [-0.3, -0.25) is 24.0 Å². The number of aliphatic hydroxyl groups excluding tert-OH is 1. The van der Waals surface area contributed by atoms with Crippen LogP contribution in [0.5, 0.6) is 0 Å². The number of hydrogen-bond donors (Lipinski definition) is 2. The Morgan fingerprint density at radius 2 is 1.58 bits per heavy atom. The molecule has 3 saturated carbocycles. The Kier molecular flexibility index (Phi) is 12.6. The van der Waals surface area contributed by atoms with Gasteiger partial charge in [-0.1, -0.05) is 110 Å². The molecule has 0 radical (unpaired) electrons. The molecule has 8 aliphatic rings. The number of aliphatic hydroxyl groups is 1. The predicted molar refractivity (Wildman–Crippen MR) is 265 cm³/mol. The molecule has 3 aromatic carbocycles. The minimum Gasteiger partial charge on any atom is -0.460 e. The SMILES string of the molecule is CC(C)(C)OC(=O)CCC(CO)NC(=O)C1CCCN1C(=O)C12CC3OC(=O)C1N(Cc1ccccc1C=C1CCC4OC4(C)CCC4C1CC4(C)C)OC2C1OC(c2ccccc2)(c2ccccc2)OC31. The molecule has 0 spiro atoms. The number of benzene rings is 3. The van der Waals surface area contributed by atoms with Gasteiger partial charge in [0.25, 0.3) is 0 Å². The molecule has 8 fully saturated rings. The van der Waals surface area contributed by atoms with Crippen LogP contribution in [0.3, 0.4) is 0 Å². The summed E-state index contributed by atoms with van der Waals surface area (Å²) in [4.78, 5) is 66.8. The van der Waals surface area contributed by atoms with E-state index in [1.165, 1.54) is 5.57 Å². The Morgan fingerprint density at radius 1 is 0.889 bits per heavy atom. The van der Waals surface area contributed by atoms with Crippen molar-refractivity contribution < 1.29 is 52.8 Å². The molecule has 2 amide bonds. The maximum Gasteiger partial charge on any atom is 0.327 e. The molecule has 5 saturated heterocycles. The first-order valence-electron chi connectivity index (χ1n) is 26.4. The smallest absolute Gasteiger partial charge is 0.327 e. The van der Waals surface area contributed by atoms with E-state index in [9.17, 15) is 14.7 Å². The highest BCUT2D eigenvalue weighted by Crippen LogP contribution is 2.62. The van der Waals surface area contributed by atoms with Gasteiger partial charge in [-0.05, 0) is 107 Å². The third-order valence-corrected chi connectivity index (χ3v) is 17.5. The summed E-state index contributed by atoms with van der Waals surface area (Å²) in [5.41, 5.74) is 2.86. The topological polar surface area (TPSA) is 166 Å². The fourth-order valence-corrected chi connectivity index (χ4v) is 13.8. The van der Waals surface area contributed by atoms with E-state index in [-0.39, 0.29) is 55.4 Å². The molecule has 14 nitrogen and oxygen atoms in total. The Labute approximate surface area is 423 Å². The summed E-state index contributed by atoms with van der Waals surface area (Å²) in [7, 11) is 0. The molecule has 2 N–H and O–H groups in total. The third kappa shape index (κ3) is 8.61. The minimum atomic E-state index is -1.54. The fourth-order valence-electron chi connectivity index (χ4n) is 13.8. The van der Waals surface area contributed by atoms with E-state index < -0.39 is 83.8 Å². The number of nitrogens with one attached hydrogen (secondary N) is 1. The Balaban J connectivity index is 0.941. The van der Waals surface area contributed by atoms with E-state index >= 15 is 9.59 Å². The highest BCUT2D eigenvalue weighted by Gasteiger charge is 2.77. The van der Waals surface area contributed by atoms with Crippen LogP contribution in [0.25, 0.3) is 6.08 Å². The lowest BCUT2D eigenvalue weighted by Gasteiger charge is -2.53. The van der Waals surface area contributed by atoms with Gasteiger partial charge in [0.1, 0.15) is 41.5 Å². The summed E-state index contributed by atoms with van der Waals surface area (Å²) in [5.74, 6) is -2.26. The van der Waals surface area contributed by atoms with Crippen molar-refractivity contribution in [2.75, 3.05) is 13.2 Å². The van der Waals surface area contributed by atoms with Crippen LogP contribution in [0.2, 0.25) is 0 Å². The summed E-state index contributed by atoms with van der Waals surface area (Å²) < 4.78 is 32.6. The van der Waals surface area contributed by atoms with Crippen molar-refractivity contribution in [1.29, 1.82) is 0 Å². The summed E-state index contributed by atoms with van der Waals surface area (Å²) >= 11 is 0. The van der Waals surface area contributed by atoms with Crippen LogP contribution in [0, 0.1) is 22.7 Å². The van der Waals surface area contributed by atoms with Crippen LogP contribution in [-0.2, 0) is 60.0 Å². The van der Waals surface area contributed by atoms with Crippen LogP contribution < -0.4 is 5.32 Å². The molecule has 14 heteroatoms. The average molecular weight is 986 g/mol. The molecule has 11 rings (SSSR count). The lowest BCUT2D eigenvalue weighted by molar-refractivity contribution is -0.214. The van der Waals surface area contributed by atoms with Gasteiger partial charge in [-0.15, -0.1) is 0 Å². The molecule has 0 aromatic heterocycles. The second-order valence-corrected chi connectivity index (χ2v) is 23.7. The van der Waals surface area contributed by atoms with Crippen LogP contribution >= 0.6 is 0 Å². The first kappa shape index (κ1) is 49.3. The number of epoxide rings is 1. The number of fused-ring (bicyclic) bond motifs is 6. The van der Waals surface area contributed by atoms with E-state index in [0.29, 0.717) is 24.7 Å². The van der Waals surface area contributed by atoms with Gasteiger partial charge in [-0.2, -0.15) is 5.06 Å². The van der Waals surface area contributed by atoms with E-state index in [1.807, 2.05) is 72.8 Å². The van der Waals surface area contributed by atoms with Crippen LogP contribution in [0.4, 0.5) is 0 Å². The number of nitrogens with zero attached hydrogens (tertiary/aromatic N) is 2. The van der Waals surface area contributed by atoms with Gasteiger partial charge in [0.05, 0.1) is 30.9 Å². The van der Waals surface area contributed by atoms with E-state index in [1.54, 1.807) is 30.7 Å². The number of likely N-dealkylation sites (tertiary alicyclic amines) is 1. The van der Waals surface area contributed by atoms with Gasteiger partial charge < -0.3 is 39.0 Å². The second-order valence-electron chi connectivity index (χ2n) is 23.7. The van der Waals surface area contributed by atoms with Crippen LogP contribution in [0.15, 0.2) is 90.5 Å². The Bertz CT molecular complexity index is 2560. The molecule has 5 heterocycles. The van der Waals surface area contributed by atoms with Crippen molar-refractivity contribution in [3.63, 3.8) is 0 Å². The zero-order valence-electron chi connectivity index (χ0n) is 42.6. The average Bonchev–Trinajstić information content (AvgIpc) is 3.76. The van der Waals surface area contributed by atoms with Crippen molar-refractivity contribution in [3.05, 3.63) is 113 Å². The second kappa shape index (κ2) is 18.5. The monoisotopic (exact) mass is 986 g/mol. The van der Waals surface area contributed by atoms with Crippen molar-refractivity contribution in [2.24, 2.45) is 22.7 Å². The van der Waals surface area contributed by atoms with Gasteiger partial charge >= 0.3 is 11.9 Å². The Morgan fingerprint density at radius 3 is 2.28 bits per heavy atom. The molecular formula is C58H71N3O11. The van der Waals surface area contributed by atoms with Crippen molar-refractivity contribution in [1.82, 2.24) is 15.3 Å². The zero-order chi connectivity index (χ0) is 50.4. The molecule has 3 aromatic rings. The van der Waals surface area contributed by atoms with E-state index in [2.05, 4.69) is 44.3 Å². The summed E-state index contributed by atoms with van der Waals surface area (Å²) in [6.07, 6.45) is 5.43. The van der Waals surface area contributed by atoms with Crippen LogP contribution in [-0.4, -0.2) is 112 Å². The molecule has 2 bridgehead atoms. The minimum absolute atomic E-state index is 0.00820. The lowest BCUT2D eigenvalue weighted by atomic mass is 9.52. The molecule has 3 aliphatic carbocycles. The molecule has 12 unspecified atom stereocenters. The van der Waals surface area contributed by atoms with Gasteiger partial charge in [0.15, 0.2) is 6.04 Å². The number of esters is 2. The highest BCUT2D eigenvalue weighted by molar-refractivity contribution is 5.96. The van der Waals surface area contributed by atoms with Gasteiger partial charge in [0.2, 0.25) is 17.6 Å². The van der Waals surface area contributed by atoms with Crippen LogP contribution in [0.1, 0.15) is 128 Å². The standard InChI is InChI=1S/C58H71N3O11/c1-54(2,3)69-46(63)26-24-40(34-62)59-51(64)43-22-15-29-60(43)53(66)57-32-44-47-48(71-58(70-47,38-18-9-7-10-19-38)39-20-11-8-12-21-39)50(57)72-61(49(57)52(65)67-44)33-37-17-14-13-16-35(37)30-36-23-25-45-56(6,68-45)28-27-42-41(36)31-55(42,4)5/h7-14,16-21,30,40-45,47-50,62H,15,22-29,31-34H2,1-6H3,(H,59,64). The summed E-state index contributed by atoms with van der Waals surface area (Å²) in [6, 6.07) is 24.7. The van der Waals surface area contributed by atoms with Crippen molar-refractivity contribution in [3.8, 4) is 0 Å². The summed E-state index contributed by atoms with van der Waals surface area (Å²) in [6.45, 7) is 12.4. The number of amides is 2. The van der Waals surface area contributed by atoms with Gasteiger partial charge in [0, 0.05) is 30.5 Å². The number of carbonyl (C=O) groups excluding carboxylic acids is 4. The number of allylic oxidation sites excluding steroid dienone is 1. The fraction of sp³-hybridized carbons (Fsp3) is 0.586. The Hall–Kier alpha value is -4.96. The lowest BCUT2D eigenvalue weighted by Crippen LogP contribution is -2.70. The zero-order valence-corrected chi connectivity index (χ0v) is 42.6. The maximum atomic E-state index is 16.0. The molecule has 72 heavy (non-hydrogen) atoms. The molecular weight excluding hydrogens is 915 g/mol. The quantitative estimate of drug-likeness (QED) is 0.136. The van der Waals surface area contributed by atoms with Crippen molar-refractivity contribution >= 4 is 29.8 Å². The predicted octanol–water partition coefficient (Wildman–Crippen LogP) is 7.54. The first-order valence-corrected chi connectivity index (χ1v) is 26.4. The van der Waals surface area contributed by atoms with E-state index in [4.69, 9.17) is 28.5 Å². The number of rotatable bonds is 12. The number of ether oxygens (including phenoxy) is 5. The number of hydroxylamine groups is 2. The molecule has 384 valence electrons.